The van der Waals surface area contributed by atoms with Crippen molar-refractivity contribution >= 4 is 0 Å². The lowest BCUT2D eigenvalue weighted by molar-refractivity contribution is 0.160. The molecule has 0 saturated carbocycles. The molecule has 2 aliphatic heterocycles. The average molecular weight is 371 g/mol. The van der Waals surface area contributed by atoms with E-state index in [4.69, 9.17) is 18.9 Å². The number of aryl methyl sites for hydroxylation is 1. The Labute approximate surface area is 159 Å². The number of hydrogen-bond donors (Lipinski definition) is 0. The maximum Gasteiger partial charge on any atom is 0.257 e. The van der Waals surface area contributed by atoms with Crippen LogP contribution in [0.1, 0.15) is 30.8 Å². The van der Waals surface area contributed by atoms with Crippen molar-refractivity contribution in [3.63, 3.8) is 0 Å². The van der Waals surface area contributed by atoms with Gasteiger partial charge in [0.15, 0.2) is 5.75 Å². The minimum atomic E-state index is 0.135. The van der Waals surface area contributed by atoms with Crippen LogP contribution in [0.3, 0.4) is 0 Å². The van der Waals surface area contributed by atoms with Crippen LogP contribution in [0.15, 0.2) is 24.3 Å². The Morgan fingerprint density at radius 2 is 2.04 bits per heavy atom. The summed E-state index contributed by atoms with van der Waals surface area (Å²) in [6.07, 6.45) is 1.11. The fourth-order valence-corrected chi connectivity index (χ4v) is 3.54. The summed E-state index contributed by atoms with van der Waals surface area (Å²) in [5.74, 6) is 2.70. The molecule has 144 valence electrons. The largest absolute Gasteiger partial charge is 0.489 e. The van der Waals surface area contributed by atoms with Crippen LogP contribution in [0.4, 0.5) is 0 Å². The van der Waals surface area contributed by atoms with E-state index in [0.29, 0.717) is 25.0 Å². The molecule has 1 saturated heterocycles. The lowest BCUT2D eigenvalue weighted by atomic mass is 10.2. The number of hydrogen-bond acceptors (Lipinski definition) is 7. The summed E-state index contributed by atoms with van der Waals surface area (Å²) < 4.78 is 22.6. The van der Waals surface area contributed by atoms with Crippen molar-refractivity contribution in [1.29, 1.82) is 0 Å². The first-order valence-corrected chi connectivity index (χ1v) is 9.32. The number of ether oxygens (including phenoxy) is 4. The molecule has 1 fully saturated rings. The van der Waals surface area contributed by atoms with E-state index >= 15 is 0 Å². The van der Waals surface area contributed by atoms with Crippen LogP contribution in [0, 0.1) is 6.92 Å². The highest BCUT2D eigenvalue weighted by Gasteiger charge is 2.29. The maximum atomic E-state index is 6.18. The minimum Gasteiger partial charge on any atom is -0.489 e. The van der Waals surface area contributed by atoms with Crippen molar-refractivity contribution in [2.45, 2.75) is 32.4 Å². The average Bonchev–Trinajstić information content (AvgIpc) is 3.15. The lowest BCUT2D eigenvalue weighted by Gasteiger charge is -2.25. The highest BCUT2D eigenvalue weighted by atomic mass is 16.6. The summed E-state index contributed by atoms with van der Waals surface area (Å²) in [6, 6.07) is 7.92. The number of methoxy groups -OCH3 is 1. The molecule has 4 heterocycles. The number of pyridine rings is 2. The Balaban J connectivity index is 1.41. The molecule has 0 N–H and O–H groups in total. The van der Waals surface area contributed by atoms with Crippen molar-refractivity contribution < 1.29 is 18.9 Å². The van der Waals surface area contributed by atoms with Crippen LogP contribution in [0.5, 0.6) is 23.3 Å². The molecule has 0 amide bonds. The van der Waals surface area contributed by atoms with Gasteiger partial charge in [0.2, 0.25) is 5.88 Å². The van der Waals surface area contributed by atoms with Gasteiger partial charge < -0.3 is 18.9 Å². The molecule has 2 aliphatic rings. The van der Waals surface area contributed by atoms with Gasteiger partial charge >= 0.3 is 0 Å². The van der Waals surface area contributed by atoms with Gasteiger partial charge in [-0.1, -0.05) is 0 Å². The molecule has 0 aliphatic carbocycles. The van der Waals surface area contributed by atoms with E-state index < -0.39 is 0 Å². The summed E-state index contributed by atoms with van der Waals surface area (Å²) in [4.78, 5) is 11.3. The predicted molar refractivity (Wildman–Crippen MR) is 99.8 cm³/mol. The molecule has 7 nitrogen and oxygen atoms in total. The van der Waals surface area contributed by atoms with Crippen LogP contribution in [0.25, 0.3) is 0 Å². The van der Waals surface area contributed by atoms with Gasteiger partial charge in [0.05, 0.1) is 12.8 Å². The van der Waals surface area contributed by atoms with Gasteiger partial charge in [-0.25, -0.2) is 9.97 Å². The summed E-state index contributed by atoms with van der Waals surface area (Å²) in [6.45, 7) is 7.04. The molecule has 0 spiro atoms. The molecule has 0 radical (unpaired) electrons. The fourth-order valence-electron chi connectivity index (χ4n) is 3.54. The number of aromatic nitrogens is 2. The number of nitrogens with zero attached hydrogens (tertiary/aromatic N) is 3. The summed E-state index contributed by atoms with van der Waals surface area (Å²) in [7, 11) is 1.62. The molecule has 4 rings (SSSR count). The zero-order chi connectivity index (χ0) is 18.8. The van der Waals surface area contributed by atoms with Gasteiger partial charge in [-0.3, -0.25) is 4.90 Å². The lowest BCUT2D eigenvalue weighted by Crippen LogP contribution is -2.28. The highest BCUT2D eigenvalue weighted by molar-refractivity contribution is 5.36. The fraction of sp³-hybridized carbons (Fsp3) is 0.500. The monoisotopic (exact) mass is 371 g/mol. The van der Waals surface area contributed by atoms with Crippen molar-refractivity contribution in [3.8, 4) is 23.3 Å². The third-order valence-corrected chi connectivity index (χ3v) is 4.99. The minimum absolute atomic E-state index is 0.135. The van der Waals surface area contributed by atoms with E-state index in [2.05, 4.69) is 21.8 Å². The third kappa shape index (κ3) is 3.93. The van der Waals surface area contributed by atoms with Gasteiger partial charge in [0.25, 0.3) is 5.88 Å². The first kappa shape index (κ1) is 17.9. The topological polar surface area (TPSA) is 65.9 Å². The molecule has 0 aromatic carbocycles. The van der Waals surface area contributed by atoms with Gasteiger partial charge in [0.1, 0.15) is 25.1 Å². The normalized spacial score (nSPS) is 20.3. The smallest absolute Gasteiger partial charge is 0.257 e. The predicted octanol–water partition coefficient (Wildman–Crippen LogP) is 2.78. The Morgan fingerprint density at radius 1 is 1.19 bits per heavy atom. The molecule has 27 heavy (non-hydrogen) atoms. The standard InChI is InChI=1S/C20H25N3O4/c1-13-10-16(11-19(21-13)24-3)27-15-6-7-23(12-15)14(2)17-4-5-18-20(22-17)26-9-8-25-18/h4-5,10-11,14-15H,6-9,12H2,1-3H3/t14?,15-/m1/s1. The molecule has 0 bridgehead atoms. The van der Waals surface area contributed by atoms with E-state index in [0.717, 1.165) is 42.4 Å². The molecule has 7 heteroatoms. The van der Waals surface area contributed by atoms with Crippen molar-refractivity contribution in [1.82, 2.24) is 14.9 Å². The number of rotatable bonds is 5. The summed E-state index contributed by atoms with van der Waals surface area (Å²) in [5, 5.41) is 0. The Morgan fingerprint density at radius 3 is 2.89 bits per heavy atom. The van der Waals surface area contributed by atoms with Crippen LogP contribution in [-0.2, 0) is 0 Å². The second kappa shape index (κ2) is 7.60. The van der Waals surface area contributed by atoms with E-state index in [9.17, 15) is 0 Å². The molecule has 2 atom stereocenters. The summed E-state index contributed by atoms with van der Waals surface area (Å²) >= 11 is 0. The van der Waals surface area contributed by atoms with Gasteiger partial charge in [-0.15, -0.1) is 0 Å². The first-order valence-electron chi connectivity index (χ1n) is 9.32. The zero-order valence-corrected chi connectivity index (χ0v) is 16.0. The van der Waals surface area contributed by atoms with Crippen LogP contribution in [0.2, 0.25) is 0 Å². The third-order valence-electron chi connectivity index (χ3n) is 4.99. The maximum absolute atomic E-state index is 6.18. The van der Waals surface area contributed by atoms with E-state index in [-0.39, 0.29) is 12.1 Å². The van der Waals surface area contributed by atoms with E-state index in [1.165, 1.54) is 0 Å². The second-order valence-corrected chi connectivity index (χ2v) is 6.92. The Kier molecular flexibility index (Phi) is 5.03. The highest BCUT2D eigenvalue weighted by Crippen LogP contribution is 2.32. The molecule has 2 aromatic rings. The molecule has 2 aromatic heterocycles. The van der Waals surface area contributed by atoms with E-state index in [1.54, 1.807) is 7.11 Å². The van der Waals surface area contributed by atoms with Gasteiger partial charge in [-0.05, 0) is 32.4 Å². The van der Waals surface area contributed by atoms with Crippen LogP contribution < -0.4 is 18.9 Å². The SMILES string of the molecule is COc1cc(O[C@@H]2CCN(C(C)c3ccc4c(n3)OCCO4)C2)cc(C)n1. The van der Waals surface area contributed by atoms with Crippen LogP contribution in [-0.4, -0.2) is 54.4 Å². The molecule has 1 unspecified atom stereocenters. The second-order valence-electron chi connectivity index (χ2n) is 6.92. The Hall–Kier alpha value is -2.54. The van der Waals surface area contributed by atoms with Gasteiger partial charge in [0, 0.05) is 37.0 Å². The molecular formula is C20H25N3O4. The number of fused-ring (bicyclic) bond motifs is 1. The van der Waals surface area contributed by atoms with E-state index in [1.807, 2.05) is 31.2 Å². The zero-order valence-electron chi connectivity index (χ0n) is 16.0. The quantitative estimate of drug-likeness (QED) is 0.801. The first-order chi connectivity index (χ1) is 13.1. The molecular weight excluding hydrogens is 346 g/mol. The number of likely N-dealkylation sites (tertiary alicyclic amines) is 1. The van der Waals surface area contributed by atoms with Gasteiger partial charge in [-0.2, -0.15) is 0 Å². The summed E-state index contributed by atoms with van der Waals surface area (Å²) in [5.41, 5.74) is 1.87. The Bertz CT molecular complexity index is 814. The van der Waals surface area contributed by atoms with Crippen molar-refractivity contribution in [2.24, 2.45) is 0 Å². The van der Waals surface area contributed by atoms with Crippen molar-refractivity contribution in [3.05, 3.63) is 35.7 Å². The van der Waals surface area contributed by atoms with Crippen LogP contribution >= 0.6 is 0 Å². The van der Waals surface area contributed by atoms with Crippen molar-refractivity contribution in [2.75, 3.05) is 33.4 Å².